The van der Waals surface area contributed by atoms with Crippen molar-refractivity contribution in [1.82, 2.24) is 15.3 Å². The number of nitrogens with one attached hydrogen (secondary N) is 2. The summed E-state index contributed by atoms with van der Waals surface area (Å²) in [4.78, 5) is 22.2. The molecule has 6 rings (SSSR count). The highest BCUT2D eigenvalue weighted by Crippen LogP contribution is 2.61. The molecule has 0 aromatic heterocycles. The highest BCUT2D eigenvalue weighted by Gasteiger charge is 2.57. The minimum Gasteiger partial charge on any atom is -0.394 e. The predicted octanol–water partition coefficient (Wildman–Crippen LogP) is 3.99. The maximum atomic E-state index is 13.9. The molecule has 1 aliphatic heterocycles. The first kappa shape index (κ1) is 31.0. The summed E-state index contributed by atoms with van der Waals surface area (Å²) in [5, 5.41) is 29.3. The van der Waals surface area contributed by atoms with E-state index in [9.17, 15) is 15.0 Å². The van der Waals surface area contributed by atoms with Crippen molar-refractivity contribution in [2.45, 2.75) is 71.4 Å². The smallest absolute Gasteiger partial charge is 0.240 e. The van der Waals surface area contributed by atoms with Crippen LogP contribution < -0.4 is 10.6 Å². The van der Waals surface area contributed by atoms with Crippen LogP contribution in [0.15, 0.2) is 48.5 Å². The van der Waals surface area contributed by atoms with E-state index in [1.807, 2.05) is 12.1 Å². The summed E-state index contributed by atoms with van der Waals surface area (Å²) >= 11 is 0. The molecular weight excluding hydrogens is 528 g/mol. The fraction of sp³-hybridized carbons (Fsp3) is 0.618. The number of anilines is 1. The van der Waals surface area contributed by atoms with E-state index in [1.165, 1.54) is 6.42 Å². The third-order valence-corrected chi connectivity index (χ3v) is 10.4. The van der Waals surface area contributed by atoms with Crippen LogP contribution in [0.4, 0.5) is 5.69 Å². The third-order valence-electron chi connectivity index (χ3n) is 10.4. The van der Waals surface area contributed by atoms with Crippen LogP contribution in [-0.4, -0.2) is 84.2 Å². The summed E-state index contributed by atoms with van der Waals surface area (Å²) < 4.78 is 0. The molecule has 8 nitrogen and oxygen atoms in total. The minimum absolute atomic E-state index is 0.114. The number of likely N-dealkylation sites (N-methyl/N-ethyl adjacent to an activating group) is 1. The van der Waals surface area contributed by atoms with Gasteiger partial charge in [-0.1, -0.05) is 51.1 Å². The number of carbonyl (C=O) groups excluding carboxylic acids is 1. The molecule has 0 spiro atoms. The molecule has 8 atom stereocenters. The van der Waals surface area contributed by atoms with Crippen molar-refractivity contribution >= 4 is 11.6 Å². The Kier molecular flexibility index (Phi) is 9.30. The first-order valence-electron chi connectivity index (χ1n) is 15.6. The Balaban J connectivity index is 1.30. The molecule has 4 aliphatic rings. The topological polar surface area (TPSA) is 97.3 Å². The van der Waals surface area contributed by atoms with Crippen LogP contribution in [0.25, 0.3) is 11.1 Å². The number of hydrogen-bond donors (Lipinski definition) is 4. The van der Waals surface area contributed by atoms with Gasteiger partial charge in [0, 0.05) is 30.7 Å². The number of hydrogen-bond acceptors (Lipinski definition) is 7. The fourth-order valence-corrected chi connectivity index (χ4v) is 7.72. The van der Waals surface area contributed by atoms with Crippen molar-refractivity contribution in [1.29, 1.82) is 0 Å². The lowest BCUT2D eigenvalue weighted by molar-refractivity contribution is -0.183. The SMILES string of the molecule is C[C@H](O)[C@@H]1[C@H](CO)ON(Cc2cccc(-c3ccc(NCCN(C)C)cc3)c2)[C@@H]1C(=O)NC1C[C@@H]2C[C@H]([C@@H]1C)C2(C)C. The van der Waals surface area contributed by atoms with Crippen LogP contribution in [0.5, 0.6) is 0 Å². The average Bonchev–Trinajstić information content (AvgIpc) is 3.32. The second-order valence-electron chi connectivity index (χ2n) is 13.7. The second-order valence-corrected chi connectivity index (χ2v) is 13.7. The molecule has 2 aromatic carbocycles. The van der Waals surface area contributed by atoms with Gasteiger partial charge in [0.25, 0.3) is 0 Å². The van der Waals surface area contributed by atoms with Gasteiger partial charge in [0.1, 0.15) is 12.1 Å². The standard InChI is InChI=1S/C34H50N4O4/c1-21-28-17-26(34(28,3)4)18-29(21)36-33(41)32-31(22(2)40)30(20-39)42-38(32)19-23-8-7-9-25(16-23)24-10-12-27(13-11-24)35-14-15-37(5)6/h7-13,16,21-22,26,28-32,35,39-40H,14-15,17-20H2,1-6H3,(H,36,41)/t21-,22-,26-,28+,29?,30-,31+,32-/m0/s1. The van der Waals surface area contributed by atoms with Gasteiger partial charge in [-0.2, -0.15) is 5.06 Å². The summed E-state index contributed by atoms with van der Waals surface area (Å²) in [7, 11) is 4.13. The van der Waals surface area contributed by atoms with Crippen LogP contribution in [0, 0.1) is 29.1 Å². The van der Waals surface area contributed by atoms with E-state index in [4.69, 9.17) is 4.84 Å². The van der Waals surface area contributed by atoms with Crippen molar-refractivity contribution < 1.29 is 19.8 Å². The van der Waals surface area contributed by atoms with Gasteiger partial charge < -0.3 is 25.7 Å². The average molecular weight is 579 g/mol. The Morgan fingerprint density at radius 2 is 1.88 bits per heavy atom. The van der Waals surface area contributed by atoms with Crippen molar-refractivity contribution in [3.05, 3.63) is 54.1 Å². The number of aliphatic hydroxyl groups excluding tert-OH is 2. The normalized spacial score (nSPS) is 31.0. The van der Waals surface area contributed by atoms with E-state index in [0.29, 0.717) is 29.7 Å². The largest absolute Gasteiger partial charge is 0.394 e. The van der Waals surface area contributed by atoms with Crippen LogP contribution in [0.1, 0.15) is 46.1 Å². The second kappa shape index (κ2) is 12.6. The molecule has 3 aliphatic carbocycles. The first-order chi connectivity index (χ1) is 20.0. The molecule has 3 saturated carbocycles. The monoisotopic (exact) mass is 578 g/mol. The minimum atomic E-state index is -0.810. The quantitative estimate of drug-likeness (QED) is 0.320. The molecule has 2 aromatic rings. The van der Waals surface area contributed by atoms with E-state index in [2.05, 4.69) is 86.8 Å². The van der Waals surface area contributed by atoms with E-state index in [1.54, 1.807) is 12.0 Å². The van der Waals surface area contributed by atoms with Gasteiger partial charge in [0.15, 0.2) is 0 Å². The third kappa shape index (κ3) is 6.24. The predicted molar refractivity (Wildman–Crippen MR) is 166 cm³/mol. The van der Waals surface area contributed by atoms with Crippen molar-refractivity contribution in [2.75, 3.05) is 39.1 Å². The lowest BCUT2D eigenvalue weighted by atomic mass is 9.45. The number of amides is 1. The van der Waals surface area contributed by atoms with Gasteiger partial charge in [-0.3, -0.25) is 9.63 Å². The van der Waals surface area contributed by atoms with Gasteiger partial charge >= 0.3 is 0 Å². The Labute approximate surface area is 251 Å². The van der Waals surface area contributed by atoms with Crippen LogP contribution in [0.3, 0.4) is 0 Å². The summed E-state index contributed by atoms with van der Waals surface area (Å²) in [5.41, 5.74) is 4.60. The maximum Gasteiger partial charge on any atom is 0.240 e. The molecule has 1 amide bonds. The summed E-state index contributed by atoms with van der Waals surface area (Å²) in [6, 6.07) is 16.1. The number of carbonyl (C=O) groups is 1. The lowest BCUT2D eigenvalue weighted by Gasteiger charge is -2.62. The summed E-state index contributed by atoms with van der Waals surface area (Å²) in [6.07, 6.45) is 0.773. The van der Waals surface area contributed by atoms with Crippen LogP contribution in [0.2, 0.25) is 0 Å². The zero-order valence-corrected chi connectivity index (χ0v) is 26.1. The molecule has 1 unspecified atom stereocenters. The summed E-state index contributed by atoms with van der Waals surface area (Å²) in [5.74, 6) is 0.982. The highest BCUT2D eigenvalue weighted by molar-refractivity contribution is 5.83. The molecule has 0 radical (unpaired) electrons. The number of benzene rings is 2. The number of hydroxylamine groups is 2. The molecule has 8 heteroatoms. The Bertz CT molecular complexity index is 1220. The van der Waals surface area contributed by atoms with E-state index < -0.39 is 24.2 Å². The summed E-state index contributed by atoms with van der Waals surface area (Å²) in [6.45, 7) is 10.6. The fourth-order valence-electron chi connectivity index (χ4n) is 7.72. The molecule has 1 heterocycles. The maximum absolute atomic E-state index is 13.9. The Morgan fingerprint density at radius 1 is 1.14 bits per heavy atom. The van der Waals surface area contributed by atoms with E-state index >= 15 is 0 Å². The molecule has 4 fully saturated rings. The molecule has 4 N–H and O–H groups in total. The van der Waals surface area contributed by atoms with Crippen molar-refractivity contribution in [3.8, 4) is 11.1 Å². The lowest BCUT2D eigenvalue weighted by Crippen LogP contribution is -2.62. The number of nitrogens with zero attached hydrogens (tertiary/aromatic N) is 2. The molecule has 42 heavy (non-hydrogen) atoms. The van der Waals surface area contributed by atoms with Crippen LogP contribution >= 0.6 is 0 Å². The molecule has 2 bridgehead atoms. The zero-order chi connectivity index (χ0) is 30.2. The molecule has 230 valence electrons. The van der Waals surface area contributed by atoms with E-state index in [0.717, 1.165) is 41.9 Å². The van der Waals surface area contributed by atoms with Gasteiger partial charge in [-0.15, -0.1) is 0 Å². The highest BCUT2D eigenvalue weighted by atomic mass is 16.7. The van der Waals surface area contributed by atoms with Gasteiger partial charge in [-0.25, -0.2) is 0 Å². The van der Waals surface area contributed by atoms with Crippen LogP contribution in [-0.2, 0) is 16.2 Å². The van der Waals surface area contributed by atoms with Gasteiger partial charge in [-0.05, 0) is 91.9 Å². The van der Waals surface area contributed by atoms with Crippen molar-refractivity contribution in [3.63, 3.8) is 0 Å². The van der Waals surface area contributed by atoms with Gasteiger partial charge in [0.2, 0.25) is 5.91 Å². The molecular formula is C34H50N4O4. The number of rotatable bonds is 11. The van der Waals surface area contributed by atoms with E-state index in [-0.39, 0.29) is 18.6 Å². The Hall–Kier alpha value is -2.49. The first-order valence-corrected chi connectivity index (χ1v) is 15.6. The van der Waals surface area contributed by atoms with Gasteiger partial charge in [0.05, 0.1) is 19.3 Å². The number of fused-ring (bicyclic) bond motifs is 2. The molecule has 1 saturated heterocycles. The van der Waals surface area contributed by atoms with Crippen molar-refractivity contribution in [2.24, 2.45) is 29.1 Å². The number of aliphatic hydroxyl groups is 2. The Morgan fingerprint density at radius 3 is 2.50 bits per heavy atom. The zero-order valence-electron chi connectivity index (χ0n) is 26.1.